The van der Waals surface area contributed by atoms with Gasteiger partial charge in [0.05, 0.1) is 38.5 Å². The van der Waals surface area contributed by atoms with Gasteiger partial charge in [0.2, 0.25) is 0 Å². The van der Waals surface area contributed by atoms with Gasteiger partial charge in [-0.1, -0.05) is 12.1 Å². The summed E-state index contributed by atoms with van der Waals surface area (Å²) in [5.41, 5.74) is 10.5. The Balaban J connectivity index is 2.25. The lowest BCUT2D eigenvalue weighted by Crippen LogP contribution is -2.27. The first-order valence-electron chi connectivity index (χ1n) is 7.59. The van der Waals surface area contributed by atoms with E-state index in [-0.39, 0.29) is 0 Å². The molecule has 0 aliphatic carbocycles. The maximum atomic E-state index is 13.0. The Morgan fingerprint density at radius 2 is 2.00 bits per heavy atom. The molecule has 1 aliphatic heterocycles. The van der Waals surface area contributed by atoms with Gasteiger partial charge in [0, 0.05) is 6.54 Å². The molecular weight excluding hydrogens is 306 g/mol. The molecule has 1 atom stereocenters. The zero-order valence-corrected chi connectivity index (χ0v) is 14.1. The van der Waals surface area contributed by atoms with Crippen molar-refractivity contribution < 1.29 is 4.21 Å². The van der Waals surface area contributed by atoms with E-state index in [1.54, 1.807) is 12.1 Å². The number of aryl methyl sites for hydroxylation is 1. The molecule has 0 saturated carbocycles. The van der Waals surface area contributed by atoms with Gasteiger partial charge < -0.3 is 10.6 Å². The molecule has 0 fully saturated rings. The van der Waals surface area contributed by atoms with Crippen LogP contribution >= 0.6 is 0 Å². The third-order valence-corrected chi connectivity index (χ3v) is 5.74. The molecule has 1 aliphatic rings. The monoisotopic (exact) mass is 325 g/mol. The van der Waals surface area contributed by atoms with Crippen molar-refractivity contribution in [1.29, 1.82) is 0 Å². The highest BCUT2D eigenvalue weighted by Crippen LogP contribution is 2.45. The van der Waals surface area contributed by atoms with E-state index >= 15 is 0 Å². The van der Waals surface area contributed by atoms with Crippen LogP contribution in [0, 0.1) is 20.4 Å². The number of anilines is 2. The van der Waals surface area contributed by atoms with Crippen LogP contribution in [-0.2, 0) is 10.8 Å². The van der Waals surface area contributed by atoms with Crippen LogP contribution in [0.25, 0.3) is 4.85 Å². The van der Waals surface area contributed by atoms with Gasteiger partial charge in [-0.25, -0.2) is 9.05 Å². The summed E-state index contributed by atoms with van der Waals surface area (Å²) < 4.78 is 13.0. The van der Waals surface area contributed by atoms with Gasteiger partial charge in [-0.15, -0.1) is 0 Å². The Hall–Kier alpha value is -2.16. The van der Waals surface area contributed by atoms with Crippen LogP contribution in [0.2, 0.25) is 0 Å². The number of nitrogens with two attached hydrogens (primary N) is 1. The molecule has 0 aromatic heterocycles. The fourth-order valence-corrected chi connectivity index (χ4v) is 4.39. The van der Waals surface area contributed by atoms with E-state index in [1.807, 2.05) is 18.2 Å². The second-order valence-electron chi connectivity index (χ2n) is 5.68. The normalized spacial score (nSPS) is 15.7. The Kier molecular flexibility index (Phi) is 4.20. The predicted molar refractivity (Wildman–Crippen MR) is 94.0 cm³/mol. The summed E-state index contributed by atoms with van der Waals surface area (Å²) in [4.78, 5) is 7.20. The van der Waals surface area contributed by atoms with Crippen LogP contribution < -0.4 is 10.6 Å². The zero-order valence-electron chi connectivity index (χ0n) is 13.3. The van der Waals surface area contributed by atoms with Crippen LogP contribution in [0.1, 0.15) is 17.5 Å². The van der Waals surface area contributed by atoms with Crippen molar-refractivity contribution in [3.63, 3.8) is 0 Å². The van der Waals surface area contributed by atoms with Gasteiger partial charge in [0.15, 0.2) is 5.69 Å². The van der Waals surface area contributed by atoms with Crippen LogP contribution in [0.15, 0.2) is 40.1 Å². The van der Waals surface area contributed by atoms with Crippen molar-refractivity contribution in [2.45, 2.75) is 30.1 Å². The standard InChI is InChI=1S/C18H19N3OS/c1-12-5-8-16-18(13(12)2)21(10-4-9-19)15-7-6-14(20-3)11-17(15)23(16)22/h5-8,11H,4,9-10,19H2,1-2H3. The fraction of sp³-hybridized carbons (Fsp3) is 0.278. The Morgan fingerprint density at radius 3 is 2.70 bits per heavy atom. The Bertz CT molecular complexity index is 839. The maximum Gasteiger partial charge on any atom is 0.188 e. The topological polar surface area (TPSA) is 50.7 Å². The first kappa shape index (κ1) is 15.7. The van der Waals surface area contributed by atoms with Crippen molar-refractivity contribution in [1.82, 2.24) is 0 Å². The van der Waals surface area contributed by atoms with Gasteiger partial charge in [0.1, 0.15) is 0 Å². The average molecular weight is 325 g/mol. The van der Waals surface area contributed by atoms with Gasteiger partial charge in [-0.2, -0.15) is 0 Å². The first-order valence-corrected chi connectivity index (χ1v) is 8.74. The smallest absolute Gasteiger partial charge is 0.188 e. The summed E-state index contributed by atoms with van der Waals surface area (Å²) in [7, 11) is -1.26. The van der Waals surface area contributed by atoms with E-state index in [9.17, 15) is 4.21 Å². The Labute approximate surface area is 139 Å². The molecule has 0 amide bonds. The second kappa shape index (κ2) is 6.15. The van der Waals surface area contributed by atoms with Gasteiger partial charge >= 0.3 is 0 Å². The van der Waals surface area contributed by atoms with Crippen molar-refractivity contribution in [3.8, 4) is 0 Å². The zero-order chi connectivity index (χ0) is 16.6. The molecule has 1 unspecified atom stereocenters. The molecule has 118 valence electrons. The average Bonchev–Trinajstić information content (AvgIpc) is 2.57. The van der Waals surface area contributed by atoms with Crippen molar-refractivity contribution in [2.24, 2.45) is 5.73 Å². The highest BCUT2D eigenvalue weighted by atomic mass is 32.2. The number of hydrogen-bond acceptors (Lipinski definition) is 3. The van der Waals surface area contributed by atoms with E-state index in [4.69, 9.17) is 12.3 Å². The minimum absolute atomic E-state index is 0.517. The lowest BCUT2D eigenvalue weighted by Gasteiger charge is -2.34. The van der Waals surface area contributed by atoms with Gasteiger partial charge in [-0.05, 0) is 56.1 Å². The van der Waals surface area contributed by atoms with E-state index in [0.717, 1.165) is 34.8 Å². The predicted octanol–water partition coefficient (Wildman–Crippen LogP) is 3.82. The second-order valence-corrected chi connectivity index (χ2v) is 7.10. The molecular formula is C18H19N3OS. The highest BCUT2D eigenvalue weighted by molar-refractivity contribution is 7.85. The number of hydrogen-bond donors (Lipinski definition) is 1. The first-order chi connectivity index (χ1) is 11.1. The fourth-order valence-electron chi connectivity index (χ4n) is 2.93. The molecule has 3 rings (SSSR count). The van der Waals surface area contributed by atoms with Crippen LogP contribution in [0.4, 0.5) is 17.1 Å². The van der Waals surface area contributed by atoms with Crippen molar-refractivity contribution in [2.75, 3.05) is 18.0 Å². The third kappa shape index (κ3) is 2.54. The molecule has 5 heteroatoms. The number of benzene rings is 2. The highest BCUT2D eigenvalue weighted by Gasteiger charge is 2.29. The summed E-state index contributed by atoms with van der Waals surface area (Å²) in [5, 5.41) is 0. The van der Waals surface area contributed by atoms with Crippen LogP contribution in [-0.4, -0.2) is 17.3 Å². The number of nitrogens with zero attached hydrogens (tertiary/aromatic N) is 2. The minimum Gasteiger partial charge on any atom is -0.339 e. The third-order valence-electron chi connectivity index (χ3n) is 4.28. The molecule has 23 heavy (non-hydrogen) atoms. The molecule has 0 radical (unpaired) electrons. The summed E-state index contributed by atoms with van der Waals surface area (Å²) in [6.07, 6.45) is 0.851. The SMILES string of the molecule is [C-]#[N+]c1ccc2c(c1)S(=O)c1ccc(C)c(C)c1N2CCCN. The molecule has 1 heterocycles. The Morgan fingerprint density at radius 1 is 1.22 bits per heavy atom. The molecule has 0 bridgehead atoms. The maximum absolute atomic E-state index is 13.0. The summed E-state index contributed by atoms with van der Waals surface area (Å²) in [6, 6.07) is 9.38. The molecule has 2 aromatic rings. The minimum atomic E-state index is -1.26. The summed E-state index contributed by atoms with van der Waals surface area (Å²) >= 11 is 0. The van der Waals surface area contributed by atoms with Crippen LogP contribution in [0.5, 0.6) is 0 Å². The lowest BCUT2D eigenvalue weighted by atomic mass is 10.1. The molecule has 2 N–H and O–H groups in total. The summed E-state index contributed by atoms with van der Waals surface area (Å²) in [5.74, 6) is 0. The number of rotatable bonds is 3. The molecule has 4 nitrogen and oxygen atoms in total. The largest absolute Gasteiger partial charge is 0.339 e. The quantitative estimate of drug-likeness (QED) is 0.873. The molecule has 2 aromatic carbocycles. The van der Waals surface area contributed by atoms with Gasteiger partial charge in [-0.3, -0.25) is 0 Å². The van der Waals surface area contributed by atoms with E-state index in [1.165, 1.54) is 5.56 Å². The van der Waals surface area contributed by atoms with Crippen molar-refractivity contribution in [3.05, 3.63) is 52.9 Å². The van der Waals surface area contributed by atoms with E-state index < -0.39 is 10.8 Å². The van der Waals surface area contributed by atoms with Gasteiger partial charge in [0.25, 0.3) is 0 Å². The van der Waals surface area contributed by atoms with Crippen molar-refractivity contribution >= 4 is 27.9 Å². The lowest BCUT2D eigenvalue weighted by molar-refractivity contribution is 0.680. The molecule has 0 spiro atoms. The van der Waals surface area contributed by atoms with E-state index in [2.05, 4.69) is 23.6 Å². The van der Waals surface area contributed by atoms with E-state index in [0.29, 0.717) is 17.1 Å². The number of fused-ring (bicyclic) bond motifs is 2. The summed E-state index contributed by atoms with van der Waals surface area (Å²) in [6.45, 7) is 12.7. The molecule has 0 saturated heterocycles. The van der Waals surface area contributed by atoms with Crippen LogP contribution in [0.3, 0.4) is 0 Å².